The molecule has 1 amide bonds. The SMILES string of the molecule is [C-]#[N+]CC12CC(NC(=O)OC(C)(C)C)(C1)C2. The third-order valence-electron chi connectivity index (χ3n) is 3.32. The summed E-state index contributed by atoms with van der Waals surface area (Å²) in [5.74, 6) is 0. The summed E-state index contributed by atoms with van der Waals surface area (Å²) in [6, 6.07) is 0. The van der Waals surface area contributed by atoms with Gasteiger partial charge >= 0.3 is 6.09 Å². The molecule has 0 saturated heterocycles. The second-order valence-electron chi connectivity index (χ2n) is 6.25. The van der Waals surface area contributed by atoms with Gasteiger partial charge in [0.05, 0.1) is 0 Å². The summed E-state index contributed by atoms with van der Waals surface area (Å²) in [6.07, 6.45) is 2.51. The van der Waals surface area contributed by atoms with Gasteiger partial charge in [-0.3, -0.25) is 0 Å². The second kappa shape index (κ2) is 3.13. The molecule has 0 radical (unpaired) electrons. The lowest BCUT2D eigenvalue weighted by Crippen LogP contribution is -2.75. The molecule has 4 nitrogen and oxygen atoms in total. The van der Waals surface area contributed by atoms with Crippen molar-refractivity contribution in [3.8, 4) is 0 Å². The summed E-state index contributed by atoms with van der Waals surface area (Å²) >= 11 is 0. The molecule has 1 N–H and O–H groups in total. The lowest BCUT2D eigenvalue weighted by Gasteiger charge is -2.67. The van der Waals surface area contributed by atoms with Crippen LogP contribution in [0.1, 0.15) is 40.0 Å². The first-order valence-corrected chi connectivity index (χ1v) is 5.63. The van der Waals surface area contributed by atoms with Crippen LogP contribution >= 0.6 is 0 Å². The average Bonchev–Trinajstić information content (AvgIpc) is 1.94. The van der Waals surface area contributed by atoms with Gasteiger partial charge in [0.15, 0.2) is 0 Å². The number of ether oxygens (including phenoxy) is 1. The van der Waals surface area contributed by atoms with Crippen LogP contribution in [0.4, 0.5) is 4.79 Å². The van der Waals surface area contributed by atoms with Crippen molar-refractivity contribution in [3.05, 3.63) is 11.4 Å². The van der Waals surface area contributed by atoms with Gasteiger partial charge in [0.25, 0.3) is 0 Å². The zero-order valence-electron chi connectivity index (χ0n) is 10.1. The first-order chi connectivity index (χ1) is 7.28. The molecule has 0 aromatic rings. The van der Waals surface area contributed by atoms with E-state index in [-0.39, 0.29) is 17.0 Å². The van der Waals surface area contributed by atoms with Crippen molar-refractivity contribution in [2.45, 2.75) is 51.2 Å². The van der Waals surface area contributed by atoms with E-state index in [0.717, 1.165) is 19.3 Å². The van der Waals surface area contributed by atoms with Crippen molar-refractivity contribution in [2.24, 2.45) is 5.41 Å². The Morgan fingerprint density at radius 3 is 2.44 bits per heavy atom. The van der Waals surface area contributed by atoms with Crippen molar-refractivity contribution < 1.29 is 9.53 Å². The van der Waals surface area contributed by atoms with E-state index in [0.29, 0.717) is 6.54 Å². The maximum absolute atomic E-state index is 11.6. The van der Waals surface area contributed by atoms with Crippen LogP contribution in [0.15, 0.2) is 0 Å². The molecule has 3 aliphatic rings. The zero-order valence-corrected chi connectivity index (χ0v) is 10.1. The third kappa shape index (κ3) is 1.87. The number of hydrogen-bond donors (Lipinski definition) is 1. The molecular formula is C12H18N2O2. The van der Waals surface area contributed by atoms with E-state index >= 15 is 0 Å². The summed E-state index contributed by atoms with van der Waals surface area (Å²) < 4.78 is 5.22. The van der Waals surface area contributed by atoms with E-state index in [4.69, 9.17) is 11.3 Å². The summed E-state index contributed by atoms with van der Waals surface area (Å²) in [7, 11) is 0. The third-order valence-corrected chi connectivity index (χ3v) is 3.32. The van der Waals surface area contributed by atoms with Crippen LogP contribution < -0.4 is 5.32 Å². The fourth-order valence-electron chi connectivity index (χ4n) is 2.99. The molecule has 0 unspecified atom stereocenters. The van der Waals surface area contributed by atoms with Crippen molar-refractivity contribution >= 4 is 6.09 Å². The molecule has 3 rings (SSSR count). The molecule has 2 bridgehead atoms. The Hall–Kier alpha value is -1.24. The number of rotatable bonds is 2. The Morgan fingerprint density at radius 1 is 1.44 bits per heavy atom. The van der Waals surface area contributed by atoms with Gasteiger partial charge in [-0.25, -0.2) is 11.4 Å². The topological polar surface area (TPSA) is 42.7 Å². The molecule has 0 atom stereocenters. The number of amides is 1. The van der Waals surface area contributed by atoms with Crippen LogP contribution in [0.5, 0.6) is 0 Å². The standard InChI is InChI=1S/C12H18N2O2/c1-10(2,3)16-9(15)14-12-5-11(6-12,7-12)8-13-4/h5-8H2,1-3H3,(H,14,15). The lowest BCUT2D eigenvalue weighted by atomic mass is 9.39. The first kappa shape index (κ1) is 11.3. The normalized spacial score (nSPS) is 35.4. The van der Waals surface area contributed by atoms with E-state index in [1.165, 1.54) is 0 Å². The highest BCUT2D eigenvalue weighted by Crippen LogP contribution is 2.67. The predicted octanol–water partition coefficient (Wildman–Crippen LogP) is 2.35. The van der Waals surface area contributed by atoms with E-state index < -0.39 is 5.60 Å². The van der Waals surface area contributed by atoms with E-state index in [1.54, 1.807) is 0 Å². The maximum atomic E-state index is 11.6. The largest absolute Gasteiger partial charge is 0.444 e. The molecule has 4 heteroatoms. The van der Waals surface area contributed by atoms with Crippen LogP contribution in [0.25, 0.3) is 4.85 Å². The van der Waals surface area contributed by atoms with E-state index in [1.807, 2.05) is 20.8 Å². The van der Waals surface area contributed by atoms with E-state index in [2.05, 4.69) is 10.2 Å². The van der Waals surface area contributed by atoms with Crippen LogP contribution in [0.3, 0.4) is 0 Å². The Balaban J connectivity index is 1.79. The number of carbonyl (C=O) groups is 1. The predicted molar refractivity (Wildman–Crippen MR) is 59.9 cm³/mol. The molecule has 3 fully saturated rings. The van der Waals surface area contributed by atoms with Gasteiger partial charge in [0, 0.05) is 11.0 Å². The van der Waals surface area contributed by atoms with Crippen LogP contribution in [0.2, 0.25) is 0 Å². The van der Waals surface area contributed by atoms with Crippen molar-refractivity contribution in [3.63, 3.8) is 0 Å². The summed E-state index contributed by atoms with van der Waals surface area (Å²) in [5, 5.41) is 2.93. The van der Waals surface area contributed by atoms with Gasteiger partial charge in [-0.1, -0.05) is 0 Å². The molecule has 0 heterocycles. The van der Waals surface area contributed by atoms with Gasteiger partial charge in [0.1, 0.15) is 5.60 Å². The first-order valence-electron chi connectivity index (χ1n) is 5.63. The zero-order chi connectivity index (χ0) is 12.0. The molecular weight excluding hydrogens is 204 g/mol. The minimum Gasteiger partial charge on any atom is -0.444 e. The smallest absolute Gasteiger partial charge is 0.408 e. The van der Waals surface area contributed by atoms with Crippen molar-refractivity contribution in [1.82, 2.24) is 5.32 Å². The Bertz CT molecular complexity index is 342. The molecule has 88 valence electrons. The maximum Gasteiger partial charge on any atom is 0.408 e. The van der Waals surface area contributed by atoms with Crippen molar-refractivity contribution in [2.75, 3.05) is 6.54 Å². The highest BCUT2D eigenvalue weighted by Gasteiger charge is 2.70. The summed E-state index contributed by atoms with van der Waals surface area (Å²) in [6.45, 7) is 13.0. The number of alkyl carbamates (subject to hydrolysis) is 1. The van der Waals surface area contributed by atoms with E-state index in [9.17, 15) is 4.79 Å². The second-order valence-corrected chi connectivity index (χ2v) is 6.25. The van der Waals surface area contributed by atoms with Gasteiger partial charge < -0.3 is 14.9 Å². The minimum absolute atomic E-state index is 0.0486. The highest BCUT2D eigenvalue weighted by molar-refractivity contribution is 5.70. The Labute approximate surface area is 96.2 Å². The van der Waals surface area contributed by atoms with Crippen LogP contribution in [-0.2, 0) is 4.74 Å². The highest BCUT2D eigenvalue weighted by atomic mass is 16.6. The Kier molecular flexibility index (Phi) is 2.20. The Morgan fingerprint density at radius 2 is 2.00 bits per heavy atom. The summed E-state index contributed by atoms with van der Waals surface area (Å²) in [4.78, 5) is 15.0. The molecule has 0 aromatic heterocycles. The molecule has 16 heavy (non-hydrogen) atoms. The number of nitrogens with zero attached hydrogens (tertiary/aromatic N) is 1. The monoisotopic (exact) mass is 222 g/mol. The fraction of sp³-hybridized carbons (Fsp3) is 0.833. The quantitative estimate of drug-likeness (QED) is 0.729. The van der Waals surface area contributed by atoms with Gasteiger partial charge in [-0.2, -0.15) is 0 Å². The molecule has 0 aromatic carbocycles. The number of nitrogens with one attached hydrogen (secondary N) is 1. The fourth-order valence-corrected chi connectivity index (χ4v) is 2.99. The summed E-state index contributed by atoms with van der Waals surface area (Å²) in [5.41, 5.74) is -0.272. The molecule has 3 aliphatic carbocycles. The van der Waals surface area contributed by atoms with Gasteiger partial charge in [-0.15, -0.1) is 0 Å². The van der Waals surface area contributed by atoms with Crippen LogP contribution in [0, 0.1) is 12.0 Å². The number of carbonyl (C=O) groups excluding carboxylic acids is 1. The molecule has 0 spiro atoms. The van der Waals surface area contributed by atoms with Crippen LogP contribution in [-0.4, -0.2) is 23.8 Å². The number of hydrogen-bond acceptors (Lipinski definition) is 2. The van der Waals surface area contributed by atoms with Crippen molar-refractivity contribution in [1.29, 1.82) is 0 Å². The molecule has 3 saturated carbocycles. The minimum atomic E-state index is -0.443. The van der Waals surface area contributed by atoms with Gasteiger partial charge in [-0.05, 0) is 40.0 Å². The van der Waals surface area contributed by atoms with Gasteiger partial charge in [0.2, 0.25) is 6.54 Å². The average molecular weight is 222 g/mol. The molecule has 0 aliphatic heterocycles. The lowest BCUT2D eigenvalue weighted by molar-refractivity contribution is -0.139.